The highest BCUT2D eigenvalue weighted by Crippen LogP contribution is 2.29. The van der Waals surface area contributed by atoms with E-state index in [4.69, 9.17) is 16.3 Å². The minimum Gasteiger partial charge on any atom is -0.489 e. The Balaban J connectivity index is 1.51. The second kappa shape index (κ2) is 9.62. The SMILES string of the molecule is CCN1CCC[C@H]1CNCc1c(OCc2cccc(Cl)c2)ccc2ccccc12. The predicted octanol–water partition coefficient (Wildman–Crippen LogP) is 5.65. The summed E-state index contributed by atoms with van der Waals surface area (Å²) in [7, 11) is 0. The molecule has 0 aromatic heterocycles. The van der Waals surface area contributed by atoms with Crippen LogP contribution in [0.1, 0.15) is 30.9 Å². The van der Waals surface area contributed by atoms with Crippen LogP contribution in [-0.2, 0) is 13.2 Å². The van der Waals surface area contributed by atoms with E-state index in [1.54, 1.807) is 0 Å². The van der Waals surface area contributed by atoms with Gasteiger partial charge in [-0.2, -0.15) is 0 Å². The molecule has 4 heteroatoms. The van der Waals surface area contributed by atoms with Gasteiger partial charge in [-0.15, -0.1) is 0 Å². The van der Waals surface area contributed by atoms with Crippen molar-refractivity contribution in [2.75, 3.05) is 19.6 Å². The summed E-state index contributed by atoms with van der Waals surface area (Å²) in [5, 5.41) is 6.94. The van der Waals surface area contributed by atoms with E-state index in [9.17, 15) is 0 Å². The van der Waals surface area contributed by atoms with Crippen LogP contribution in [0, 0.1) is 0 Å². The summed E-state index contributed by atoms with van der Waals surface area (Å²) in [6.07, 6.45) is 2.59. The van der Waals surface area contributed by atoms with Crippen LogP contribution >= 0.6 is 11.6 Å². The maximum absolute atomic E-state index is 6.24. The molecule has 29 heavy (non-hydrogen) atoms. The van der Waals surface area contributed by atoms with Crippen molar-refractivity contribution < 1.29 is 4.74 Å². The third-order valence-electron chi connectivity index (χ3n) is 5.87. The summed E-state index contributed by atoms with van der Waals surface area (Å²) < 4.78 is 6.24. The summed E-state index contributed by atoms with van der Waals surface area (Å²) in [5.41, 5.74) is 2.31. The molecule has 1 heterocycles. The van der Waals surface area contributed by atoms with E-state index < -0.39 is 0 Å². The van der Waals surface area contributed by atoms with Crippen LogP contribution in [0.3, 0.4) is 0 Å². The first-order valence-corrected chi connectivity index (χ1v) is 10.9. The number of fused-ring (bicyclic) bond motifs is 1. The standard InChI is InChI=1S/C25H29ClN2O/c1-2-28-14-6-10-22(28)16-27-17-24-23-11-4-3-8-20(23)12-13-25(24)29-18-19-7-5-9-21(26)15-19/h3-5,7-9,11-13,15,22,27H,2,6,10,14,16-18H2,1H3/t22-/m0/s1. The normalized spacial score (nSPS) is 17.1. The highest BCUT2D eigenvalue weighted by atomic mass is 35.5. The lowest BCUT2D eigenvalue weighted by Gasteiger charge is -2.23. The Morgan fingerprint density at radius 2 is 2.00 bits per heavy atom. The molecule has 1 aliphatic heterocycles. The molecule has 0 amide bonds. The van der Waals surface area contributed by atoms with E-state index in [2.05, 4.69) is 53.5 Å². The number of likely N-dealkylation sites (tertiary alicyclic amines) is 1. The molecular weight excluding hydrogens is 380 g/mol. The van der Waals surface area contributed by atoms with E-state index in [0.29, 0.717) is 12.6 Å². The van der Waals surface area contributed by atoms with Gasteiger partial charge in [0.25, 0.3) is 0 Å². The van der Waals surface area contributed by atoms with Crippen LogP contribution in [0.25, 0.3) is 10.8 Å². The predicted molar refractivity (Wildman–Crippen MR) is 122 cm³/mol. The molecule has 0 aliphatic carbocycles. The van der Waals surface area contributed by atoms with Gasteiger partial charge in [-0.05, 0) is 60.5 Å². The summed E-state index contributed by atoms with van der Waals surface area (Å²) in [6, 6.07) is 21.3. The molecule has 1 N–H and O–H groups in total. The number of hydrogen-bond acceptors (Lipinski definition) is 3. The summed E-state index contributed by atoms with van der Waals surface area (Å²) >= 11 is 6.12. The second-order valence-corrected chi connectivity index (χ2v) is 8.17. The largest absolute Gasteiger partial charge is 0.489 e. The molecule has 152 valence electrons. The summed E-state index contributed by atoms with van der Waals surface area (Å²) in [4.78, 5) is 2.58. The van der Waals surface area contributed by atoms with Gasteiger partial charge in [0.05, 0.1) is 0 Å². The van der Waals surface area contributed by atoms with E-state index in [1.807, 2.05) is 24.3 Å². The highest BCUT2D eigenvalue weighted by Gasteiger charge is 2.22. The number of rotatable bonds is 8. The average molecular weight is 409 g/mol. The van der Waals surface area contributed by atoms with Crippen molar-refractivity contribution in [1.29, 1.82) is 0 Å². The molecule has 1 atom stereocenters. The van der Waals surface area contributed by atoms with Gasteiger partial charge in [0.2, 0.25) is 0 Å². The Hall–Kier alpha value is -2.07. The first-order chi connectivity index (χ1) is 14.2. The highest BCUT2D eigenvalue weighted by molar-refractivity contribution is 6.30. The lowest BCUT2D eigenvalue weighted by atomic mass is 10.0. The number of halogens is 1. The first-order valence-electron chi connectivity index (χ1n) is 10.6. The Bertz CT molecular complexity index is 958. The fraction of sp³-hybridized carbons (Fsp3) is 0.360. The lowest BCUT2D eigenvalue weighted by Crippen LogP contribution is -2.37. The number of likely N-dealkylation sites (N-methyl/N-ethyl adjacent to an activating group) is 1. The number of ether oxygens (including phenoxy) is 1. The van der Waals surface area contributed by atoms with Crippen molar-refractivity contribution in [1.82, 2.24) is 10.2 Å². The fourth-order valence-electron chi connectivity index (χ4n) is 4.33. The first kappa shape index (κ1) is 20.2. The zero-order chi connectivity index (χ0) is 20.1. The maximum Gasteiger partial charge on any atom is 0.124 e. The van der Waals surface area contributed by atoms with Crippen molar-refractivity contribution in [3.05, 3.63) is 76.8 Å². The number of hydrogen-bond donors (Lipinski definition) is 1. The van der Waals surface area contributed by atoms with Crippen molar-refractivity contribution in [3.8, 4) is 5.75 Å². The fourth-order valence-corrected chi connectivity index (χ4v) is 4.54. The van der Waals surface area contributed by atoms with Gasteiger partial charge in [0, 0.05) is 29.7 Å². The monoisotopic (exact) mass is 408 g/mol. The minimum atomic E-state index is 0.512. The molecule has 0 unspecified atom stereocenters. The Labute approximate surface area is 178 Å². The van der Waals surface area contributed by atoms with Gasteiger partial charge in [-0.1, -0.05) is 61.0 Å². The van der Waals surface area contributed by atoms with E-state index in [0.717, 1.165) is 36.0 Å². The average Bonchev–Trinajstić information content (AvgIpc) is 3.20. The molecule has 3 aromatic carbocycles. The third kappa shape index (κ3) is 4.92. The van der Waals surface area contributed by atoms with E-state index >= 15 is 0 Å². The van der Waals surface area contributed by atoms with Crippen LogP contribution in [0.5, 0.6) is 5.75 Å². The molecule has 3 aromatic rings. The molecule has 3 nitrogen and oxygen atoms in total. The molecule has 0 bridgehead atoms. The van der Waals surface area contributed by atoms with Crippen molar-refractivity contribution in [2.45, 2.75) is 39.0 Å². The maximum atomic E-state index is 6.24. The molecular formula is C25H29ClN2O. The van der Waals surface area contributed by atoms with E-state index in [1.165, 1.54) is 35.7 Å². The number of nitrogens with zero attached hydrogens (tertiary/aromatic N) is 1. The van der Waals surface area contributed by atoms with Gasteiger partial charge in [0.1, 0.15) is 12.4 Å². The molecule has 0 radical (unpaired) electrons. The summed E-state index contributed by atoms with van der Waals surface area (Å²) in [6.45, 7) is 6.95. The van der Waals surface area contributed by atoms with Crippen LogP contribution in [0.4, 0.5) is 0 Å². The number of benzene rings is 3. The molecule has 4 rings (SSSR count). The number of nitrogens with one attached hydrogen (secondary N) is 1. The smallest absolute Gasteiger partial charge is 0.124 e. The zero-order valence-corrected chi connectivity index (χ0v) is 17.8. The van der Waals surface area contributed by atoms with Gasteiger partial charge < -0.3 is 10.1 Å². The topological polar surface area (TPSA) is 24.5 Å². The molecule has 1 fully saturated rings. The Morgan fingerprint density at radius 3 is 2.86 bits per heavy atom. The Kier molecular flexibility index (Phi) is 6.70. The lowest BCUT2D eigenvalue weighted by molar-refractivity contribution is 0.259. The second-order valence-electron chi connectivity index (χ2n) is 7.74. The molecule has 1 saturated heterocycles. The van der Waals surface area contributed by atoms with Crippen molar-refractivity contribution >= 4 is 22.4 Å². The van der Waals surface area contributed by atoms with Crippen LogP contribution in [0.2, 0.25) is 5.02 Å². The third-order valence-corrected chi connectivity index (χ3v) is 6.10. The Morgan fingerprint density at radius 1 is 1.10 bits per heavy atom. The van der Waals surface area contributed by atoms with Crippen molar-refractivity contribution in [2.24, 2.45) is 0 Å². The van der Waals surface area contributed by atoms with E-state index in [-0.39, 0.29) is 0 Å². The molecule has 0 saturated carbocycles. The van der Waals surface area contributed by atoms with Crippen LogP contribution in [-0.4, -0.2) is 30.6 Å². The summed E-state index contributed by atoms with van der Waals surface area (Å²) in [5.74, 6) is 0.940. The molecule has 1 aliphatic rings. The van der Waals surface area contributed by atoms with Gasteiger partial charge in [0.15, 0.2) is 0 Å². The van der Waals surface area contributed by atoms with Gasteiger partial charge >= 0.3 is 0 Å². The minimum absolute atomic E-state index is 0.512. The molecule has 0 spiro atoms. The van der Waals surface area contributed by atoms with Crippen LogP contribution in [0.15, 0.2) is 60.7 Å². The van der Waals surface area contributed by atoms with Gasteiger partial charge in [-0.3, -0.25) is 4.90 Å². The zero-order valence-electron chi connectivity index (χ0n) is 17.0. The van der Waals surface area contributed by atoms with Gasteiger partial charge in [-0.25, -0.2) is 0 Å². The van der Waals surface area contributed by atoms with Crippen LogP contribution < -0.4 is 10.1 Å². The van der Waals surface area contributed by atoms with Crippen molar-refractivity contribution in [3.63, 3.8) is 0 Å². The quantitative estimate of drug-likeness (QED) is 0.521.